The molecule has 0 amide bonds. The van der Waals surface area contributed by atoms with Gasteiger partial charge in [0.15, 0.2) is 0 Å². The average Bonchev–Trinajstić information content (AvgIpc) is 2.36. The van der Waals surface area contributed by atoms with Crippen molar-refractivity contribution in [3.05, 3.63) is 28.8 Å². The van der Waals surface area contributed by atoms with Crippen LogP contribution in [0.15, 0.2) is 23.1 Å². The Morgan fingerprint density at radius 2 is 1.95 bits per heavy atom. The van der Waals surface area contributed by atoms with Crippen LogP contribution in [0.4, 0.5) is 0 Å². The molecular weight excluding hydrogens is 296 g/mol. The summed E-state index contributed by atoms with van der Waals surface area (Å²) in [4.78, 5) is 0.0934. The molecule has 114 valence electrons. The fourth-order valence-corrected chi connectivity index (χ4v) is 3.24. The lowest BCUT2D eigenvalue weighted by Gasteiger charge is -2.29. The zero-order chi connectivity index (χ0) is 15.6. The molecule has 0 spiro atoms. The second-order valence-electron chi connectivity index (χ2n) is 5.94. The van der Waals surface area contributed by atoms with Gasteiger partial charge in [-0.25, -0.2) is 13.1 Å². The molecule has 0 aliphatic heterocycles. The zero-order valence-electron chi connectivity index (χ0n) is 12.4. The number of halogens is 1. The SMILES string of the molecule is CC(C)C(C)(C)CNS(=O)(=O)c1ccc(CN)cc1Cl. The molecule has 1 aromatic carbocycles. The van der Waals surface area contributed by atoms with Crippen LogP contribution < -0.4 is 10.5 Å². The summed E-state index contributed by atoms with van der Waals surface area (Å²) in [6, 6.07) is 4.76. The Balaban J connectivity index is 2.95. The van der Waals surface area contributed by atoms with Crippen LogP contribution in [0, 0.1) is 11.3 Å². The Morgan fingerprint density at radius 1 is 1.35 bits per heavy atom. The van der Waals surface area contributed by atoms with Crippen molar-refractivity contribution >= 4 is 21.6 Å². The van der Waals surface area contributed by atoms with Crippen LogP contribution in [0.25, 0.3) is 0 Å². The fourth-order valence-electron chi connectivity index (χ4n) is 1.45. The lowest BCUT2D eigenvalue weighted by atomic mass is 9.81. The third-order valence-electron chi connectivity index (χ3n) is 3.80. The standard InChI is InChI=1S/C14H23ClN2O2S/c1-10(2)14(3,4)9-17-20(18,19)13-6-5-11(8-16)7-12(13)15/h5-7,10,17H,8-9,16H2,1-4H3. The molecule has 0 saturated heterocycles. The normalized spacial score (nSPS) is 12.9. The maximum absolute atomic E-state index is 12.3. The van der Waals surface area contributed by atoms with Crippen molar-refractivity contribution in [2.24, 2.45) is 17.1 Å². The summed E-state index contributed by atoms with van der Waals surface area (Å²) in [5, 5.41) is 0.197. The Kier molecular flexibility index (Phi) is 5.61. The van der Waals surface area contributed by atoms with E-state index in [1.54, 1.807) is 12.1 Å². The van der Waals surface area contributed by atoms with Gasteiger partial charge in [-0.15, -0.1) is 0 Å². The van der Waals surface area contributed by atoms with E-state index in [4.69, 9.17) is 17.3 Å². The Bertz CT molecular complexity index is 569. The predicted molar refractivity (Wildman–Crippen MR) is 83.2 cm³/mol. The number of benzene rings is 1. The Hall–Kier alpha value is -0.620. The number of hydrogen-bond donors (Lipinski definition) is 2. The quantitative estimate of drug-likeness (QED) is 0.847. The van der Waals surface area contributed by atoms with Gasteiger partial charge in [-0.05, 0) is 29.0 Å². The van der Waals surface area contributed by atoms with E-state index < -0.39 is 10.0 Å². The second-order valence-corrected chi connectivity index (χ2v) is 8.08. The van der Waals surface area contributed by atoms with E-state index >= 15 is 0 Å². The molecule has 0 bridgehead atoms. The van der Waals surface area contributed by atoms with Crippen molar-refractivity contribution in [3.8, 4) is 0 Å². The molecule has 0 aliphatic carbocycles. The molecular formula is C14H23ClN2O2S. The van der Waals surface area contributed by atoms with Crippen LogP contribution in [0.1, 0.15) is 33.3 Å². The van der Waals surface area contributed by atoms with Crippen LogP contribution in [-0.2, 0) is 16.6 Å². The van der Waals surface area contributed by atoms with E-state index in [-0.39, 0.29) is 15.3 Å². The van der Waals surface area contributed by atoms with Gasteiger partial charge in [0, 0.05) is 13.1 Å². The second kappa shape index (κ2) is 6.43. The van der Waals surface area contributed by atoms with Crippen LogP contribution in [0.5, 0.6) is 0 Å². The van der Waals surface area contributed by atoms with E-state index in [1.165, 1.54) is 6.07 Å². The van der Waals surface area contributed by atoms with Gasteiger partial charge in [0.2, 0.25) is 10.0 Å². The van der Waals surface area contributed by atoms with Crippen molar-refractivity contribution < 1.29 is 8.42 Å². The topological polar surface area (TPSA) is 72.2 Å². The summed E-state index contributed by atoms with van der Waals surface area (Å²) in [6.07, 6.45) is 0. The molecule has 0 unspecified atom stereocenters. The van der Waals surface area contributed by atoms with Crippen molar-refractivity contribution in [2.75, 3.05) is 6.54 Å². The summed E-state index contributed by atoms with van der Waals surface area (Å²) < 4.78 is 27.2. The van der Waals surface area contributed by atoms with Gasteiger partial charge in [-0.2, -0.15) is 0 Å². The highest BCUT2D eigenvalue weighted by atomic mass is 35.5. The maximum atomic E-state index is 12.3. The lowest BCUT2D eigenvalue weighted by molar-refractivity contribution is 0.252. The first-order chi connectivity index (χ1) is 9.10. The molecule has 6 heteroatoms. The van der Waals surface area contributed by atoms with E-state index in [1.807, 2.05) is 13.8 Å². The van der Waals surface area contributed by atoms with Crippen molar-refractivity contribution in [2.45, 2.75) is 39.1 Å². The molecule has 0 fully saturated rings. The Morgan fingerprint density at radius 3 is 2.40 bits per heavy atom. The van der Waals surface area contributed by atoms with Crippen LogP contribution in [-0.4, -0.2) is 15.0 Å². The van der Waals surface area contributed by atoms with Crippen molar-refractivity contribution in [1.82, 2.24) is 4.72 Å². The van der Waals surface area contributed by atoms with Gasteiger partial charge in [-0.3, -0.25) is 0 Å². The van der Waals surface area contributed by atoms with E-state index in [0.29, 0.717) is 19.0 Å². The van der Waals surface area contributed by atoms with Gasteiger partial charge in [0.25, 0.3) is 0 Å². The smallest absolute Gasteiger partial charge is 0.242 e. The molecule has 0 aromatic heterocycles. The highest BCUT2D eigenvalue weighted by molar-refractivity contribution is 7.89. The summed E-state index contributed by atoms with van der Waals surface area (Å²) in [7, 11) is -3.61. The first-order valence-corrected chi connectivity index (χ1v) is 8.44. The fraction of sp³-hybridized carbons (Fsp3) is 0.571. The average molecular weight is 319 g/mol. The van der Waals surface area contributed by atoms with Crippen LogP contribution in [0.2, 0.25) is 5.02 Å². The van der Waals surface area contributed by atoms with E-state index in [2.05, 4.69) is 18.6 Å². The summed E-state index contributed by atoms with van der Waals surface area (Å²) in [5.74, 6) is 0.361. The molecule has 0 aliphatic rings. The monoisotopic (exact) mass is 318 g/mol. The van der Waals surface area contributed by atoms with Crippen molar-refractivity contribution in [3.63, 3.8) is 0 Å². The third kappa shape index (κ3) is 4.19. The lowest BCUT2D eigenvalue weighted by Crippen LogP contribution is -2.37. The van der Waals surface area contributed by atoms with Gasteiger partial charge in [0.1, 0.15) is 4.90 Å². The minimum Gasteiger partial charge on any atom is -0.326 e. The number of hydrogen-bond acceptors (Lipinski definition) is 3. The minimum atomic E-state index is -3.61. The first-order valence-electron chi connectivity index (χ1n) is 6.58. The van der Waals surface area contributed by atoms with E-state index in [9.17, 15) is 8.42 Å². The molecule has 4 nitrogen and oxygen atoms in total. The summed E-state index contributed by atoms with van der Waals surface area (Å²) >= 11 is 6.03. The minimum absolute atomic E-state index is 0.0934. The number of rotatable bonds is 6. The number of sulfonamides is 1. The van der Waals surface area contributed by atoms with Crippen LogP contribution in [0.3, 0.4) is 0 Å². The first kappa shape index (κ1) is 17.4. The van der Waals surface area contributed by atoms with Crippen molar-refractivity contribution in [1.29, 1.82) is 0 Å². The van der Waals surface area contributed by atoms with Crippen LogP contribution >= 0.6 is 11.6 Å². The number of nitrogens with two attached hydrogens (primary N) is 1. The molecule has 0 saturated carbocycles. The van der Waals surface area contributed by atoms with E-state index in [0.717, 1.165) is 5.56 Å². The molecule has 0 radical (unpaired) electrons. The molecule has 3 N–H and O–H groups in total. The predicted octanol–water partition coefficient (Wildman–Crippen LogP) is 2.76. The van der Waals surface area contributed by atoms with Gasteiger partial charge < -0.3 is 5.73 Å². The maximum Gasteiger partial charge on any atom is 0.242 e. The molecule has 1 rings (SSSR count). The molecule has 1 aromatic rings. The van der Waals surface area contributed by atoms with Gasteiger partial charge >= 0.3 is 0 Å². The highest BCUT2D eigenvalue weighted by Gasteiger charge is 2.26. The number of nitrogens with one attached hydrogen (secondary N) is 1. The molecule has 20 heavy (non-hydrogen) atoms. The summed E-state index contributed by atoms with van der Waals surface area (Å²) in [6.45, 7) is 8.88. The zero-order valence-corrected chi connectivity index (χ0v) is 14.0. The molecule has 0 heterocycles. The third-order valence-corrected chi connectivity index (χ3v) is 5.69. The van der Waals surface area contributed by atoms with Gasteiger partial charge in [-0.1, -0.05) is 45.4 Å². The largest absolute Gasteiger partial charge is 0.326 e. The highest BCUT2D eigenvalue weighted by Crippen LogP contribution is 2.27. The molecule has 0 atom stereocenters. The van der Waals surface area contributed by atoms with Gasteiger partial charge in [0.05, 0.1) is 5.02 Å². The Labute approximate surface area is 126 Å². The summed E-state index contributed by atoms with van der Waals surface area (Å²) in [5.41, 5.74) is 6.18.